The molecule has 2 aliphatic rings. The maximum atomic E-state index is 14.1. The molecule has 7 N–H and O–H groups in total. The number of halogens is 1. The maximum absolute atomic E-state index is 14.1. The number of H-pyrrole nitrogens is 1. The van der Waals surface area contributed by atoms with Crippen molar-refractivity contribution in [1.29, 1.82) is 0 Å². The van der Waals surface area contributed by atoms with E-state index >= 15 is 0 Å². The number of fused-ring (bicyclic) bond motifs is 4. The van der Waals surface area contributed by atoms with E-state index < -0.39 is 11.9 Å². The normalized spacial score (nSPS) is 12.2. The molecular weight excluding hydrogens is 1690 g/mol. The van der Waals surface area contributed by atoms with Crippen molar-refractivity contribution < 1.29 is 32.9 Å². The van der Waals surface area contributed by atoms with Crippen molar-refractivity contribution in [1.82, 2.24) is 104 Å². The summed E-state index contributed by atoms with van der Waals surface area (Å²) in [6, 6.07) is 62.2. The number of aromatic amines is 1. The molecule has 1 fully saturated rings. The molecule has 662 valence electrons. The number of aromatic nitrogens is 20. The van der Waals surface area contributed by atoms with E-state index in [1.54, 1.807) is 100 Å². The number of para-hydroxylation sites is 2. The molecule has 32 nitrogen and oxygen atoms in total. The number of allylic oxidation sites excluding steroid dienone is 1. The summed E-state index contributed by atoms with van der Waals surface area (Å²) in [4.78, 5) is 76.1. The van der Waals surface area contributed by atoms with Crippen LogP contribution in [0.25, 0.3) is 89.8 Å². The molecule has 17 heterocycles. The lowest BCUT2D eigenvalue weighted by Crippen LogP contribution is -2.36. The van der Waals surface area contributed by atoms with Crippen LogP contribution in [0.1, 0.15) is 95.4 Å². The molecule has 3 amide bonds. The van der Waals surface area contributed by atoms with E-state index in [-0.39, 0.29) is 41.3 Å². The fraction of sp³-hybridized carbons (Fsp3) is 0.184. The van der Waals surface area contributed by atoms with Crippen LogP contribution in [0.15, 0.2) is 279 Å². The lowest BCUT2D eigenvalue weighted by atomic mass is 9.96. The predicted molar refractivity (Wildman–Crippen MR) is 507 cm³/mol. The van der Waals surface area contributed by atoms with Crippen LogP contribution in [0, 0.1) is 19.7 Å². The molecule has 0 radical (unpaired) electrons. The molecule has 15 aromatic heterocycles. The molecule has 1 saturated heterocycles. The van der Waals surface area contributed by atoms with Gasteiger partial charge in [0.05, 0.1) is 60.2 Å². The van der Waals surface area contributed by atoms with Gasteiger partial charge < -0.3 is 40.8 Å². The molecule has 2 aliphatic heterocycles. The Labute approximate surface area is 762 Å². The number of carbonyl (C=O) groups is 2. The maximum Gasteiger partial charge on any atom is 0.320 e. The highest BCUT2D eigenvalue weighted by molar-refractivity contribution is 7.11. The first kappa shape index (κ1) is 88.9. The first-order chi connectivity index (χ1) is 64.6. The van der Waals surface area contributed by atoms with Crippen molar-refractivity contribution in [3.05, 3.63) is 325 Å². The number of primary amides is 1. The van der Waals surface area contributed by atoms with Crippen LogP contribution in [0.5, 0.6) is 17.4 Å². The smallest absolute Gasteiger partial charge is 0.320 e. The number of ether oxygens (including phenoxy) is 3. The summed E-state index contributed by atoms with van der Waals surface area (Å²) in [5, 5.41) is 38.5. The Balaban J connectivity index is 0.000000121. The number of nitrogens with one attached hydrogen (secondary N) is 5. The number of benzene rings is 3. The van der Waals surface area contributed by atoms with Gasteiger partial charge in [0.1, 0.15) is 68.4 Å². The average Bonchev–Trinajstić information content (AvgIpc) is 1.66. The fourth-order valence-corrected chi connectivity index (χ4v) is 15.6. The molecule has 0 bridgehead atoms. The number of amides is 3. The zero-order valence-electron chi connectivity index (χ0n) is 73.1. The number of imidazole rings is 1. The molecule has 20 rings (SSSR count). The van der Waals surface area contributed by atoms with Gasteiger partial charge in [0.2, 0.25) is 23.8 Å². The third kappa shape index (κ3) is 22.0. The molecule has 18 aromatic rings. The van der Waals surface area contributed by atoms with Gasteiger partial charge in [-0.1, -0.05) is 87.0 Å². The first-order valence-electron chi connectivity index (χ1n) is 42.7. The minimum absolute atomic E-state index is 0.00656. The Morgan fingerprint density at radius 3 is 2.14 bits per heavy atom. The number of aliphatic imine (C=N–C) groups is 1. The topological polar surface area (TPSA) is 386 Å². The fourth-order valence-electron chi connectivity index (χ4n) is 14.8. The number of nitrogens with zero attached hydrogens (tertiary/aromatic N) is 21. The Kier molecular flexibility index (Phi) is 28.9. The number of hydrogen-bond donors (Lipinski definition) is 6. The summed E-state index contributed by atoms with van der Waals surface area (Å²) in [6.07, 6.45) is 26.8. The average molecular weight is 1780 g/mol. The van der Waals surface area contributed by atoms with Crippen LogP contribution in [-0.4, -0.2) is 163 Å². The Morgan fingerprint density at radius 1 is 0.636 bits per heavy atom. The number of carbonyl (C=O) groups excluding carboxylic acids is 2. The standard InChI is InChI=1S/C25H29N7.C20H21N5O5S.C18H13FN5.C18H13N3.C17H17N7/c1-19-9-7-10-20(28-19)23-24(32-18-6-3-11-22(32)30-23)21-12-14-27-25(29-21)26-13-8-17-31-15-4-2-5-16-31;1-28-14-6-13(7-15(8-14)29-2)10-23-20(27)24-19-16(17(21)26)18(25-31-19)30-11-12-4-3-5-22-9-12;19-15-5-1-2-6-17(15)24-12-16-14(4-3-9-21-16)18(23-24)22-13-7-10-20-11-8-13;1-2-6-16-14(5-1)13(8-11-20-16)15-9-12-21-18(15)17-7-3-4-10-19-17;1-10(2)17-22-19-14-8-7-12(9-24(14)17)15-16(21-23-20-15)13-6-4-5-11(3)18-13/h3,6-7,9-12,14,18H,2,4-5,8,13,15-17H2,1H3,(H,26,27,29);3-9H,10-11H2,1-2H3,(H2,21,26)(H2,23,24,27);1-12H,(H,20,22,23);1-11H,12H2;4-10H,1-3H3,(H,20,21,23)/q;;+1;;. The summed E-state index contributed by atoms with van der Waals surface area (Å²) in [5.41, 5.74) is 24.4. The zero-order valence-corrected chi connectivity index (χ0v) is 73.9. The van der Waals surface area contributed by atoms with Crippen LogP contribution in [-0.2, 0) is 13.2 Å². The molecule has 0 unspecified atom stereocenters. The van der Waals surface area contributed by atoms with Crippen LogP contribution >= 0.6 is 11.5 Å². The van der Waals surface area contributed by atoms with E-state index in [1.165, 1.54) is 48.7 Å². The quantitative estimate of drug-likeness (QED) is 0.0242. The minimum Gasteiger partial charge on any atom is -0.497 e. The number of pyridine rings is 9. The molecule has 0 aliphatic carbocycles. The summed E-state index contributed by atoms with van der Waals surface area (Å²) in [5.74, 6) is 2.59. The highest BCUT2D eigenvalue weighted by Crippen LogP contribution is 2.36. The van der Waals surface area contributed by atoms with Gasteiger partial charge in [0, 0.05) is 137 Å². The van der Waals surface area contributed by atoms with Crippen LogP contribution < -0.4 is 45.9 Å². The van der Waals surface area contributed by atoms with Crippen LogP contribution in [0.4, 0.5) is 31.6 Å². The van der Waals surface area contributed by atoms with Gasteiger partial charge in [-0.25, -0.2) is 24.7 Å². The molecule has 34 heteroatoms. The van der Waals surface area contributed by atoms with Gasteiger partial charge >= 0.3 is 6.03 Å². The van der Waals surface area contributed by atoms with Crippen molar-refractivity contribution >= 4 is 90.3 Å². The lowest BCUT2D eigenvalue weighted by Gasteiger charge is -2.26. The largest absolute Gasteiger partial charge is 0.497 e. The number of aryl methyl sites for hydroxylation is 2. The number of urea groups is 1. The van der Waals surface area contributed by atoms with E-state index in [4.69, 9.17) is 34.9 Å². The number of piperidine rings is 1. The van der Waals surface area contributed by atoms with Crippen molar-refractivity contribution in [2.45, 2.75) is 72.4 Å². The van der Waals surface area contributed by atoms with Gasteiger partial charge in [-0.3, -0.25) is 53.8 Å². The summed E-state index contributed by atoms with van der Waals surface area (Å²) in [6.45, 7) is 13.7. The highest BCUT2D eigenvalue weighted by Gasteiger charge is 2.26. The monoisotopic (exact) mass is 1780 g/mol. The van der Waals surface area contributed by atoms with Gasteiger partial charge in [-0.2, -0.15) is 24.2 Å². The first-order valence-corrected chi connectivity index (χ1v) is 43.5. The number of rotatable bonds is 24. The van der Waals surface area contributed by atoms with E-state index in [2.05, 4.69) is 138 Å². The van der Waals surface area contributed by atoms with Crippen molar-refractivity contribution in [3.8, 4) is 68.5 Å². The molecule has 0 saturated carbocycles. The van der Waals surface area contributed by atoms with Crippen molar-refractivity contribution in [3.63, 3.8) is 0 Å². The Hall–Kier alpha value is -16.5. The second kappa shape index (κ2) is 42.9. The number of nitrogens with two attached hydrogens (primary N) is 1. The van der Waals surface area contributed by atoms with E-state index in [0.717, 1.165) is 155 Å². The zero-order chi connectivity index (χ0) is 91.1. The van der Waals surface area contributed by atoms with E-state index in [1.807, 2.05) is 183 Å². The van der Waals surface area contributed by atoms with Crippen LogP contribution in [0.3, 0.4) is 0 Å². The van der Waals surface area contributed by atoms with E-state index in [0.29, 0.717) is 41.0 Å². The minimum atomic E-state index is -0.761. The molecule has 132 heavy (non-hydrogen) atoms. The number of anilines is 4. The van der Waals surface area contributed by atoms with Gasteiger partial charge in [0.25, 0.3) is 11.6 Å². The van der Waals surface area contributed by atoms with Crippen LogP contribution in [0.2, 0.25) is 0 Å². The second-order valence-corrected chi connectivity index (χ2v) is 31.5. The predicted octanol–water partition coefficient (Wildman–Crippen LogP) is 16.7. The summed E-state index contributed by atoms with van der Waals surface area (Å²) in [7, 11) is 3.09. The van der Waals surface area contributed by atoms with Crippen molar-refractivity contribution in [2.24, 2.45) is 10.7 Å². The van der Waals surface area contributed by atoms with Gasteiger partial charge in [-0.15, -0.1) is 10.2 Å². The second-order valence-electron chi connectivity index (χ2n) is 30.7. The molecule has 0 atom stereocenters. The van der Waals surface area contributed by atoms with Gasteiger partial charge in [0.15, 0.2) is 11.5 Å². The number of hydrogen-bond acceptors (Lipinski definition) is 26. The highest BCUT2D eigenvalue weighted by atomic mass is 32.1. The Morgan fingerprint density at radius 2 is 1.37 bits per heavy atom. The summed E-state index contributed by atoms with van der Waals surface area (Å²) < 4.78 is 39.8. The molecule has 3 aromatic carbocycles. The SMILES string of the molecule is C1=C(c2ccnc3ccccc23)C(c2ccccn2)=NC1.COc1cc(CNC(=O)Nc2snc(OCc3cccnc3)c2C(N)=O)cc(OC)c1.Cc1cccc(-c2n[nH]nc2-c2ccc3nnc(C(C)C)n3c2)n1.Cc1cccc(-c2nc3ccccn3c2-c2ccnc(NCCCN3CCCCC3)n2)n1.Fc1ccccc1-[n+]1cc2ncccc2c(Nc2ccncc2)n1. The third-order valence-electron chi connectivity index (χ3n) is 21.2. The van der Waals surface area contributed by atoms with E-state index in [9.17, 15) is 14.0 Å². The van der Waals surface area contributed by atoms with Crippen molar-refractivity contribution in [2.75, 3.05) is 62.9 Å². The summed E-state index contributed by atoms with van der Waals surface area (Å²) >= 11 is 0.898. The number of likely N-dealkylation sites (tertiary alicyclic amines) is 1. The molecule has 0 spiro atoms. The number of methoxy groups -OCH3 is 2. The Bertz CT molecular complexity index is 7070. The molecular formula is C98H93FN27O5S+. The lowest BCUT2D eigenvalue weighted by molar-refractivity contribution is -0.658. The van der Waals surface area contributed by atoms with Gasteiger partial charge in [-0.05, 0) is 207 Å². The third-order valence-corrected chi connectivity index (χ3v) is 21.9.